The second-order valence-corrected chi connectivity index (χ2v) is 9.26. The molecule has 3 heterocycles. The normalized spacial score (nSPS) is 26.0. The highest BCUT2D eigenvalue weighted by molar-refractivity contribution is 8.04. The summed E-state index contributed by atoms with van der Waals surface area (Å²) in [5.41, 5.74) is -0.632. The summed E-state index contributed by atoms with van der Waals surface area (Å²) >= 11 is 1.20. The first-order valence-electron chi connectivity index (χ1n) is 10.4. The second kappa shape index (κ2) is 8.41. The number of nitrogens with zero attached hydrogens (tertiary/aromatic N) is 2. The van der Waals surface area contributed by atoms with Crippen LogP contribution in [0.25, 0.3) is 0 Å². The van der Waals surface area contributed by atoms with Crippen LogP contribution in [0, 0.1) is 0 Å². The topological polar surface area (TPSA) is 86.8 Å². The molecule has 1 aromatic carbocycles. The van der Waals surface area contributed by atoms with Crippen LogP contribution in [0.1, 0.15) is 40.0 Å². The number of nitrogens with one attached hydrogen (secondary N) is 1. The molecule has 1 aliphatic carbocycles. The number of benzene rings is 1. The number of hydrogen-bond acceptors (Lipinski definition) is 6. The predicted octanol–water partition coefficient (Wildman–Crippen LogP) is 1.67. The van der Waals surface area contributed by atoms with Crippen LogP contribution in [0.3, 0.4) is 0 Å². The minimum Gasteiger partial charge on any atom is -0.336 e. The summed E-state index contributed by atoms with van der Waals surface area (Å²) < 4.78 is 0. The third-order valence-corrected chi connectivity index (χ3v) is 7.67. The van der Waals surface area contributed by atoms with Gasteiger partial charge in [-0.15, -0.1) is 24.2 Å². The number of fused-ring (bicyclic) bond motifs is 2. The number of carbonyl (C=O) groups excluding carboxylic acids is 4. The Morgan fingerprint density at radius 3 is 2.32 bits per heavy atom. The molecule has 3 aliphatic heterocycles. The number of Topliss-reactive ketones (excluding diaryl/α,β-unsaturated/α-hetero) is 2. The van der Waals surface area contributed by atoms with E-state index in [1.807, 2.05) is 0 Å². The maximum absolute atomic E-state index is 13.6. The van der Waals surface area contributed by atoms with E-state index < -0.39 is 5.54 Å². The summed E-state index contributed by atoms with van der Waals surface area (Å²) in [7, 11) is 0. The number of allylic oxidation sites excluding steroid dienone is 1. The van der Waals surface area contributed by atoms with Crippen molar-refractivity contribution in [3.8, 4) is 0 Å². The van der Waals surface area contributed by atoms with Crippen molar-refractivity contribution in [3.63, 3.8) is 0 Å². The number of amides is 2. The summed E-state index contributed by atoms with van der Waals surface area (Å²) in [6.45, 7) is 3.16. The lowest BCUT2D eigenvalue weighted by atomic mass is 9.78. The van der Waals surface area contributed by atoms with Crippen molar-refractivity contribution >= 4 is 47.5 Å². The minimum atomic E-state index is -1.45. The highest BCUT2D eigenvalue weighted by atomic mass is 35.5. The first kappa shape index (κ1) is 22.0. The van der Waals surface area contributed by atoms with Crippen LogP contribution in [-0.4, -0.2) is 77.2 Å². The van der Waals surface area contributed by atoms with Crippen molar-refractivity contribution in [2.75, 3.05) is 38.5 Å². The Hall–Kier alpha value is -2.16. The summed E-state index contributed by atoms with van der Waals surface area (Å²) in [5, 5.41) is 2.79. The van der Waals surface area contributed by atoms with Crippen molar-refractivity contribution in [2.45, 2.75) is 24.8 Å². The van der Waals surface area contributed by atoms with E-state index in [0.29, 0.717) is 29.1 Å². The lowest BCUT2D eigenvalue weighted by molar-refractivity contribution is -0.147. The summed E-state index contributed by atoms with van der Waals surface area (Å²) in [6, 6.07) is 6.67. The second-order valence-electron chi connectivity index (χ2n) is 8.28. The van der Waals surface area contributed by atoms with E-state index in [4.69, 9.17) is 0 Å². The lowest BCUT2D eigenvalue weighted by Crippen LogP contribution is -2.69. The van der Waals surface area contributed by atoms with E-state index >= 15 is 0 Å². The molecule has 7 nitrogen and oxygen atoms in total. The van der Waals surface area contributed by atoms with Gasteiger partial charge in [0.15, 0.2) is 11.3 Å². The highest BCUT2D eigenvalue weighted by Gasteiger charge is 2.58. The number of hydrogen-bond donors (Lipinski definition) is 1. The molecule has 0 bridgehead atoms. The molecule has 4 aliphatic rings. The molecular weight excluding hydrogens is 438 g/mol. The van der Waals surface area contributed by atoms with Crippen LogP contribution in [0.2, 0.25) is 0 Å². The fraction of sp³-hybridized carbons (Fsp3) is 0.455. The molecule has 1 N–H and O–H groups in total. The SMILES string of the molecule is Cl.O=C1CN(CCN2CCCCC2)C(=O)C2(CSC3=C2C(=O)c2ccccc2C3=O)N1. The molecule has 2 saturated heterocycles. The molecule has 2 fully saturated rings. The van der Waals surface area contributed by atoms with E-state index in [1.54, 1.807) is 29.2 Å². The van der Waals surface area contributed by atoms with Gasteiger partial charge in [0, 0.05) is 30.0 Å². The van der Waals surface area contributed by atoms with Gasteiger partial charge < -0.3 is 15.1 Å². The molecular formula is C22H24ClN3O4S. The van der Waals surface area contributed by atoms with Gasteiger partial charge in [-0.2, -0.15) is 0 Å². The molecule has 9 heteroatoms. The van der Waals surface area contributed by atoms with E-state index in [0.717, 1.165) is 25.9 Å². The molecule has 1 unspecified atom stereocenters. The van der Waals surface area contributed by atoms with E-state index in [9.17, 15) is 19.2 Å². The maximum atomic E-state index is 13.6. The van der Waals surface area contributed by atoms with Crippen molar-refractivity contribution in [1.29, 1.82) is 0 Å². The van der Waals surface area contributed by atoms with Crippen molar-refractivity contribution in [2.24, 2.45) is 0 Å². The number of ketones is 2. The number of carbonyl (C=O) groups is 4. The van der Waals surface area contributed by atoms with Crippen LogP contribution >= 0.6 is 24.2 Å². The zero-order valence-electron chi connectivity index (χ0n) is 17.0. The van der Waals surface area contributed by atoms with Gasteiger partial charge in [0.1, 0.15) is 0 Å². The fourth-order valence-corrected chi connectivity index (χ4v) is 6.22. The molecule has 1 spiro atoms. The van der Waals surface area contributed by atoms with Crippen molar-refractivity contribution in [3.05, 3.63) is 45.9 Å². The maximum Gasteiger partial charge on any atom is 0.254 e. The Bertz CT molecular complexity index is 1000. The van der Waals surface area contributed by atoms with Gasteiger partial charge in [0.2, 0.25) is 11.7 Å². The number of thioether (sulfide) groups is 1. The first-order chi connectivity index (χ1) is 14.5. The summed E-state index contributed by atoms with van der Waals surface area (Å²) in [6.07, 6.45) is 3.54. The summed E-state index contributed by atoms with van der Waals surface area (Å²) in [5.74, 6) is -0.973. The zero-order chi connectivity index (χ0) is 20.9. The fourth-order valence-electron chi connectivity index (χ4n) is 4.87. The quantitative estimate of drug-likeness (QED) is 0.736. The number of halogens is 1. The van der Waals surface area contributed by atoms with Gasteiger partial charge in [0.25, 0.3) is 5.91 Å². The Balaban J connectivity index is 0.00000231. The van der Waals surface area contributed by atoms with E-state index in [2.05, 4.69) is 10.2 Å². The van der Waals surface area contributed by atoms with Crippen molar-refractivity contribution < 1.29 is 19.2 Å². The van der Waals surface area contributed by atoms with Crippen LogP contribution in [-0.2, 0) is 9.59 Å². The first-order valence-corrected chi connectivity index (χ1v) is 11.4. The molecule has 0 saturated carbocycles. The highest BCUT2D eigenvalue weighted by Crippen LogP contribution is 2.46. The van der Waals surface area contributed by atoms with Gasteiger partial charge >= 0.3 is 0 Å². The van der Waals surface area contributed by atoms with Gasteiger partial charge in [0.05, 0.1) is 17.0 Å². The Morgan fingerprint density at radius 1 is 0.935 bits per heavy atom. The number of piperidine rings is 1. The number of likely N-dealkylation sites (tertiary alicyclic amines) is 1. The zero-order valence-corrected chi connectivity index (χ0v) is 18.7. The number of piperazine rings is 1. The molecule has 0 aromatic heterocycles. The van der Waals surface area contributed by atoms with Crippen LogP contribution < -0.4 is 5.32 Å². The van der Waals surface area contributed by atoms with E-state index in [1.165, 1.54) is 18.2 Å². The standard InChI is InChI=1S/C22H23N3O4S.ClH/c26-16-12-25(11-10-24-8-4-1-5-9-24)21(29)22(23-16)13-30-20-17(22)18(27)14-6-2-3-7-15(14)19(20)28;/h2-3,6-7H,1,4-5,8-13H2,(H,23,26);1H. The Morgan fingerprint density at radius 2 is 1.61 bits per heavy atom. The van der Waals surface area contributed by atoms with Crippen molar-refractivity contribution in [1.82, 2.24) is 15.1 Å². The molecule has 164 valence electrons. The lowest BCUT2D eigenvalue weighted by Gasteiger charge is -2.41. The summed E-state index contributed by atoms with van der Waals surface area (Å²) in [4.78, 5) is 56.7. The average Bonchev–Trinajstić information content (AvgIpc) is 3.14. The third kappa shape index (κ3) is 3.50. The number of rotatable bonds is 3. The molecule has 31 heavy (non-hydrogen) atoms. The predicted molar refractivity (Wildman–Crippen MR) is 120 cm³/mol. The molecule has 0 radical (unpaired) electrons. The monoisotopic (exact) mass is 461 g/mol. The van der Waals surface area contributed by atoms with Crippen LogP contribution in [0.5, 0.6) is 0 Å². The largest absolute Gasteiger partial charge is 0.336 e. The molecule has 5 rings (SSSR count). The Kier molecular flexibility index (Phi) is 5.98. The smallest absolute Gasteiger partial charge is 0.254 e. The van der Waals surface area contributed by atoms with Crippen LogP contribution in [0.4, 0.5) is 0 Å². The van der Waals surface area contributed by atoms with Gasteiger partial charge in [-0.25, -0.2) is 0 Å². The molecule has 1 aromatic rings. The van der Waals surface area contributed by atoms with Gasteiger partial charge in [-0.3, -0.25) is 19.2 Å². The van der Waals surface area contributed by atoms with E-state index in [-0.39, 0.29) is 53.7 Å². The van der Waals surface area contributed by atoms with Gasteiger partial charge in [-0.1, -0.05) is 30.7 Å². The average molecular weight is 462 g/mol. The molecule has 2 amide bonds. The Labute approximate surface area is 191 Å². The third-order valence-electron chi connectivity index (χ3n) is 6.41. The van der Waals surface area contributed by atoms with Gasteiger partial charge in [-0.05, 0) is 25.9 Å². The minimum absolute atomic E-state index is 0. The van der Waals surface area contributed by atoms with Crippen LogP contribution in [0.15, 0.2) is 34.7 Å². The molecule has 1 atom stereocenters.